The summed E-state index contributed by atoms with van der Waals surface area (Å²) in [6.07, 6.45) is 5.16. The number of imidazole rings is 1. The fraction of sp³-hybridized carbons (Fsp3) is 0.593. The molecule has 1 aromatic carbocycles. The van der Waals surface area contributed by atoms with E-state index >= 15 is 0 Å². The van der Waals surface area contributed by atoms with Crippen LogP contribution in [0.15, 0.2) is 35.5 Å². The number of amides is 1. The number of aromatic amines is 1. The first kappa shape index (κ1) is 29.7. The second kappa shape index (κ2) is 13.4. The number of H-pyrrole nitrogens is 1. The molecule has 2 aromatic rings. The summed E-state index contributed by atoms with van der Waals surface area (Å²) in [5, 5.41) is 6.44. The van der Waals surface area contributed by atoms with E-state index in [2.05, 4.69) is 25.3 Å². The number of rotatable bonds is 11. The molecule has 1 amide bonds. The van der Waals surface area contributed by atoms with E-state index < -0.39 is 34.4 Å². The maximum atomic E-state index is 13.9. The van der Waals surface area contributed by atoms with Gasteiger partial charge in [-0.15, -0.1) is 0 Å². The average molecular weight is 577 g/mol. The minimum absolute atomic E-state index is 0.120. The van der Waals surface area contributed by atoms with Gasteiger partial charge in [-0.2, -0.15) is 4.72 Å². The predicted molar refractivity (Wildman–Crippen MR) is 150 cm³/mol. The summed E-state index contributed by atoms with van der Waals surface area (Å²) in [6, 6.07) is 4.26. The van der Waals surface area contributed by atoms with E-state index in [9.17, 15) is 18.0 Å². The van der Waals surface area contributed by atoms with E-state index in [0.717, 1.165) is 18.4 Å². The van der Waals surface area contributed by atoms with Gasteiger partial charge in [-0.05, 0) is 63.5 Å². The van der Waals surface area contributed by atoms with Crippen molar-refractivity contribution in [1.82, 2.24) is 19.6 Å². The summed E-state index contributed by atoms with van der Waals surface area (Å²) in [7, 11) is -4.08. The molecular formula is C27H40N6O6S. The number of nitrogens with zero attached hydrogens (tertiary/aromatic N) is 2. The van der Waals surface area contributed by atoms with Crippen molar-refractivity contribution in [2.24, 2.45) is 5.92 Å². The van der Waals surface area contributed by atoms with Crippen LogP contribution in [0.2, 0.25) is 0 Å². The molecule has 3 heterocycles. The van der Waals surface area contributed by atoms with Crippen LogP contribution in [0.4, 0.5) is 16.4 Å². The lowest BCUT2D eigenvalue weighted by Gasteiger charge is -2.39. The van der Waals surface area contributed by atoms with Gasteiger partial charge in [0.25, 0.3) is 0 Å². The summed E-state index contributed by atoms with van der Waals surface area (Å²) in [5.41, 5.74) is 1.51. The SMILES string of the molecule is CCOC(=O)O[C@@H]1C[C@H](C)CCN1C(=O)[C@H](CCCNc1ncc[nH]1)NS(=O)(=O)c1cccc2c1NC(C)CC2. The van der Waals surface area contributed by atoms with Crippen molar-refractivity contribution in [3.05, 3.63) is 36.2 Å². The molecule has 4 rings (SSSR count). The van der Waals surface area contributed by atoms with Gasteiger partial charge in [0.2, 0.25) is 15.9 Å². The van der Waals surface area contributed by atoms with E-state index in [0.29, 0.717) is 44.0 Å². The molecule has 4 atom stereocenters. The lowest BCUT2D eigenvalue weighted by Crippen LogP contribution is -2.55. The quantitative estimate of drug-likeness (QED) is 0.233. The molecule has 2 aliphatic rings. The number of piperidine rings is 1. The summed E-state index contributed by atoms with van der Waals surface area (Å²) < 4.78 is 40.7. The van der Waals surface area contributed by atoms with Crippen molar-refractivity contribution in [3.63, 3.8) is 0 Å². The van der Waals surface area contributed by atoms with Crippen LogP contribution in [0.25, 0.3) is 0 Å². The lowest BCUT2D eigenvalue weighted by atomic mass is 9.96. The van der Waals surface area contributed by atoms with Crippen LogP contribution < -0.4 is 15.4 Å². The lowest BCUT2D eigenvalue weighted by molar-refractivity contribution is -0.150. The van der Waals surface area contributed by atoms with E-state index in [1.165, 1.54) is 4.90 Å². The largest absolute Gasteiger partial charge is 0.510 e. The summed E-state index contributed by atoms with van der Waals surface area (Å²) in [5.74, 6) is 0.376. The Labute approximate surface area is 235 Å². The number of hydrogen-bond acceptors (Lipinski definition) is 9. The van der Waals surface area contributed by atoms with E-state index in [1.54, 1.807) is 31.5 Å². The molecule has 4 N–H and O–H groups in total. The minimum Gasteiger partial charge on any atom is -0.435 e. The molecule has 220 valence electrons. The fourth-order valence-corrected chi connectivity index (χ4v) is 6.58. The van der Waals surface area contributed by atoms with Crippen molar-refractivity contribution >= 4 is 33.7 Å². The van der Waals surface area contributed by atoms with Crippen LogP contribution in [-0.4, -0.2) is 73.4 Å². The highest BCUT2D eigenvalue weighted by Crippen LogP contribution is 2.32. The van der Waals surface area contributed by atoms with Gasteiger partial charge < -0.3 is 30.0 Å². The van der Waals surface area contributed by atoms with Gasteiger partial charge in [0, 0.05) is 37.9 Å². The van der Waals surface area contributed by atoms with Crippen LogP contribution in [0.1, 0.15) is 58.4 Å². The number of para-hydroxylation sites is 1. The molecule has 0 saturated carbocycles. The van der Waals surface area contributed by atoms with Gasteiger partial charge in [0.15, 0.2) is 12.2 Å². The fourth-order valence-electron chi connectivity index (χ4n) is 5.14. The highest BCUT2D eigenvalue weighted by molar-refractivity contribution is 7.89. The van der Waals surface area contributed by atoms with Gasteiger partial charge in [-0.1, -0.05) is 19.1 Å². The number of ether oxygens (including phenoxy) is 2. The maximum Gasteiger partial charge on any atom is 0.510 e. The van der Waals surface area contributed by atoms with Gasteiger partial charge in [0.05, 0.1) is 12.3 Å². The van der Waals surface area contributed by atoms with Crippen molar-refractivity contribution in [3.8, 4) is 0 Å². The van der Waals surface area contributed by atoms with E-state index in [-0.39, 0.29) is 29.9 Å². The molecule has 0 bridgehead atoms. The number of aromatic nitrogens is 2. The van der Waals surface area contributed by atoms with E-state index in [4.69, 9.17) is 9.47 Å². The van der Waals surface area contributed by atoms with Crippen LogP contribution in [0, 0.1) is 5.92 Å². The number of nitrogens with one attached hydrogen (secondary N) is 4. The Balaban J connectivity index is 1.56. The second-order valence-corrected chi connectivity index (χ2v) is 12.2. The molecule has 0 spiro atoms. The molecule has 1 aromatic heterocycles. The topological polar surface area (TPSA) is 155 Å². The zero-order chi connectivity index (χ0) is 28.7. The maximum absolute atomic E-state index is 13.9. The zero-order valence-corrected chi connectivity index (χ0v) is 24.1. The first-order valence-electron chi connectivity index (χ1n) is 14.0. The summed E-state index contributed by atoms with van der Waals surface area (Å²) >= 11 is 0. The molecule has 12 nitrogen and oxygen atoms in total. The summed E-state index contributed by atoms with van der Waals surface area (Å²) in [4.78, 5) is 34.7. The molecule has 1 saturated heterocycles. The Morgan fingerprint density at radius 3 is 2.83 bits per heavy atom. The van der Waals surface area contributed by atoms with Crippen LogP contribution in [-0.2, 0) is 30.7 Å². The number of anilines is 2. The number of fused-ring (bicyclic) bond motifs is 1. The molecule has 40 heavy (non-hydrogen) atoms. The smallest absolute Gasteiger partial charge is 0.435 e. The number of carbonyl (C=O) groups is 2. The Bertz CT molecular complexity index is 1250. The van der Waals surface area contributed by atoms with Crippen LogP contribution >= 0.6 is 0 Å². The molecule has 1 unspecified atom stereocenters. The number of hydrogen-bond donors (Lipinski definition) is 4. The highest BCUT2D eigenvalue weighted by atomic mass is 32.2. The third-order valence-corrected chi connectivity index (χ3v) is 8.80. The molecular weight excluding hydrogens is 536 g/mol. The number of likely N-dealkylation sites (tertiary alicyclic amines) is 1. The summed E-state index contributed by atoms with van der Waals surface area (Å²) in [6.45, 7) is 6.67. The number of sulfonamides is 1. The number of benzene rings is 1. The Kier molecular flexibility index (Phi) is 9.90. The van der Waals surface area contributed by atoms with Gasteiger partial charge >= 0.3 is 6.16 Å². The first-order chi connectivity index (χ1) is 19.2. The van der Waals surface area contributed by atoms with Crippen molar-refractivity contribution < 1.29 is 27.5 Å². The Morgan fingerprint density at radius 2 is 2.08 bits per heavy atom. The van der Waals surface area contributed by atoms with Gasteiger partial charge in [-0.25, -0.2) is 18.2 Å². The molecule has 2 aliphatic heterocycles. The Morgan fingerprint density at radius 1 is 1.25 bits per heavy atom. The van der Waals surface area contributed by atoms with Gasteiger partial charge in [-0.3, -0.25) is 4.79 Å². The minimum atomic E-state index is -4.08. The third kappa shape index (κ3) is 7.45. The molecule has 0 radical (unpaired) electrons. The van der Waals surface area contributed by atoms with Crippen molar-refractivity contribution in [2.75, 3.05) is 30.3 Å². The van der Waals surface area contributed by atoms with Crippen LogP contribution in [0.3, 0.4) is 0 Å². The monoisotopic (exact) mass is 576 g/mol. The molecule has 0 aliphatic carbocycles. The van der Waals surface area contributed by atoms with Gasteiger partial charge in [0.1, 0.15) is 10.9 Å². The molecule has 1 fully saturated rings. The third-order valence-electron chi connectivity index (χ3n) is 7.29. The number of aryl methyl sites for hydroxylation is 1. The highest BCUT2D eigenvalue weighted by Gasteiger charge is 2.38. The van der Waals surface area contributed by atoms with E-state index in [1.807, 2.05) is 19.9 Å². The standard InChI is InChI=1S/C27H40N6O6S/c1-4-38-27(35)39-23-17-18(2)12-16-33(23)25(34)21(8-6-13-28-26-29-14-15-30-26)32-40(36,37)22-9-5-7-20-11-10-19(3)31-24(20)22/h5,7,9,14-15,18-19,21,23,31-32H,4,6,8,10-13,16-17H2,1-3H3,(H2,28,29,30)/t18-,19?,21+,23-/m1/s1. The average Bonchev–Trinajstić information content (AvgIpc) is 3.43. The van der Waals surface area contributed by atoms with Crippen molar-refractivity contribution in [2.45, 2.75) is 82.5 Å². The van der Waals surface area contributed by atoms with Crippen molar-refractivity contribution in [1.29, 1.82) is 0 Å². The first-order valence-corrected chi connectivity index (χ1v) is 15.4. The predicted octanol–water partition coefficient (Wildman–Crippen LogP) is 3.45. The zero-order valence-electron chi connectivity index (χ0n) is 23.3. The van der Waals surface area contributed by atoms with Crippen LogP contribution in [0.5, 0.6) is 0 Å². The number of carbonyl (C=O) groups excluding carboxylic acids is 2. The Hall–Kier alpha value is -3.32. The second-order valence-electron chi connectivity index (χ2n) is 10.5. The normalized spacial score (nSPS) is 21.6. The molecule has 13 heteroatoms.